The number of nitrogens with one attached hydrogen (secondary N) is 1. The van der Waals surface area contributed by atoms with Crippen LogP contribution in [0.3, 0.4) is 0 Å². The zero-order valence-corrected chi connectivity index (χ0v) is 10.4. The van der Waals surface area contributed by atoms with Crippen molar-refractivity contribution in [2.24, 2.45) is 0 Å². The summed E-state index contributed by atoms with van der Waals surface area (Å²) < 4.78 is 9.63. The molecule has 0 unspecified atom stereocenters. The van der Waals surface area contributed by atoms with E-state index in [0.29, 0.717) is 6.61 Å². The minimum atomic E-state index is -0.619. The van der Waals surface area contributed by atoms with E-state index in [2.05, 4.69) is 12.3 Å². The van der Waals surface area contributed by atoms with Crippen LogP contribution in [0.5, 0.6) is 0 Å². The predicted molar refractivity (Wildman–Crippen MR) is 61.3 cm³/mol. The molecule has 0 aromatic rings. The normalized spacial score (nSPS) is 19.1. The lowest BCUT2D eigenvalue weighted by Gasteiger charge is -2.21. The van der Waals surface area contributed by atoms with Crippen molar-refractivity contribution in [3.05, 3.63) is 0 Å². The summed E-state index contributed by atoms with van der Waals surface area (Å²) in [7, 11) is 0. The van der Waals surface area contributed by atoms with Crippen molar-refractivity contribution in [3.63, 3.8) is 0 Å². The lowest BCUT2D eigenvalue weighted by atomic mass is 10.1. The molecule has 1 saturated heterocycles. The van der Waals surface area contributed by atoms with E-state index in [4.69, 9.17) is 9.47 Å². The SMILES string of the molecule is CCCCC[C@@H]1COC(=O)N1NC(=O)OCC. The van der Waals surface area contributed by atoms with Gasteiger partial charge in [0.2, 0.25) is 0 Å². The number of nitrogens with zero attached hydrogens (tertiary/aromatic N) is 1. The first-order valence-electron chi connectivity index (χ1n) is 6.08. The third-order valence-corrected chi connectivity index (χ3v) is 2.59. The molecule has 1 atom stereocenters. The molecule has 2 amide bonds. The number of ether oxygens (including phenoxy) is 2. The quantitative estimate of drug-likeness (QED) is 0.726. The van der Waals surface area contributed by atoms with Gasteiger partial charge in [-0.05, 0) is 13.3 Å². The predicted octanol–water partition coefficient (Wildman–Crippen LogP) is 2.05. The summed E-state index contributed by atoms with van der Waals surface area (Å²) in [5, 5.41) is 1.23. The lowest BCUT2D eigenvalue weighted by Crippen LogP contribution is -2.47. The molecule has 1 rings (SSSR count). The second kappa shape index (κ2) is 6.98. The van der Waals surface area contributed by atoms with Gasteiger partial charge < -0.3 is 9.47 Å². The molecule has 1 N–H and O–H groups in total. The highest BCUT2D eigenvalue weighted by Crippen LogP contribution is 2.16. The number of hydrogen-bond donors (Lipinski definition) is 1. The van der Waals surface area contributed by atoms with Gasteiger partial charge in [-0.25, -0.2) is 20.0 Å². The van der Waals surface area contributed by atoms with E-state index < -0.39 is 12.2 Å². The Morgan fingerprint density at radius 3 is 2.94 bits per heavy atom. The number of carbonyl (C=O) groups excluding carboxylic acids is 2. The van der Waals surface area contributed by atoms with E-state index in [9.17, 15) is 9.59 Å². The zero-order valence-electron chi connectivity index (χ0n) is 10.4. The fraction of sp³-hybridized carbons (Fsp3) is 0.818. The second-order valence-corrected chi connectivity index (χ2v) is 3.93. The monoisotopic (exact) mass is 244 g/mol. The molecular formula is C11H20N2O4. The third kappa shape index (κ3) is 4.13. The molecule has 0 radical (unpaired) electrons. The summed E-state index contributed by atoms with van der Waals surface area (Å²) in [6.07, 6.45) is 2.93. The van der Waals surface area contributed by atoms with Gasteiger partial charge in [0, 0.05) is 0 Å². The first-order valence-corrected chi connectivity index (χ1v) is 6.08. The van der Waals surface area contributed by atoms with Crippen LogP contribution >= 0.6 is 0 Å². The summed E-state index contributed by atoms with van der Waals surface area (Å²) in [4.78, 5) is 22.6. The molecule has 98 valence electrons. The van der Waals surface area contributed by atoms with Crippen molar-refractivity contribution < 1.29 is 19.1 Å². The summed E-state index contributed by atoms with van der Waals surface area (Å²) in [6, 6.07) is -0.0848. The average molecular weight is 244 g/mol. The molecule has 1 aliphatic heterocycles. The molecule has 0 aromatic carbocycles. The van der Waals surface area contributed by atoms with Crippen molar-refractivity contribution in [2.75, 3.05) is 13.2 Å². The minimum absolute atomic E-state index is 0.0848. The van der Waals surface area contributed by atoms with E-state index in [1.54, 1.807) is 6.92 Å². The molecule has 1 fully saturated rings. The summed E-state index contributed by atoms with van der Waals surface area (Å²) in [5.74, 6) is 0. The standard InChI is InChI=1S/C11H20N2O4/c1-3-5-6-7-9-8-17-11(15)13(9)12-10(14)16-4-2/h9H,3-8H2,1-2H3,(H,12,14)/t9-/m1/s1. The van der Waals surface area contributed by atoms with E-state index in [1.165, 1.54) is 5.01 Å². The van der Waals surface area contributed by atoms with Crippen molar-refractivity contribution >= 4 is 12.2 Å². The maximum absolute atomic E-state index is 11.4. The molecule has 6 nitrogen and oxygen atoms in total. The van der Waals surface area contributed by atoms with E-state index in [-0.39, 0.29) is 12.6 Å². The number of carbonyl (C=O) groups is 2. The van der Waals surface area contributed by atoms with Gasteiger partial charge in [-0.2, -0.15) is 0 Å². The van der Waals surface area contributed by atoms with Crippen molar-refractivity contribution in [1.82, 2.24) is 10.4 Å². The van der Waals surface area contributed by atoms with E-state index in [0.717, 1.165) is 25.7 Å². The minimum Gasteiger partial charge on any atom is -0.449 e. The Morgan fingerprint density at radius 2 is 2.29 bits per heavy atom. The maximum Gasteiger partial charge on any atom is 0.429 e. The highest BCUT2D eigenvalue weighted by Gasteiger charge is 2.34. The number of cyclic esters (lactones) is 1. The van der Waals surface area contributed by atoms with Crippen LogP contribution in [-0.4, -0.2) is 36.5 Å². The van der Waals surface area contributed by atoms with E-state index >= 15 is 0 Å². The third-order valence-electron chi connectivity index (χ3n) is 2.59. The Morgan fingerprint density at radius 1 is 1.53 bits per heavy atom. The molecule has 0 saturated carbocycles. The van der Waals surface area contributed by atoms with Gasteiger partial charge in [-0.1, -0.05) is 26.2 Å². The molecule has 1 heterocycles. The molecule has 1 aliphatic rings. The number of hydrazine groups is 1. The number of amides is 2. The largest absolute Gasteiger partial charge is 0.449 e. The summed E-state index contributed by atoms with van der Waals surface area (Å²) in [6.45, 7) is 4.43. The van der Waals surface area contributed by atoms with Crippen LogP contribution in [0.1, 0.15) is 39.5 Å². The van der Waals surface area contributed by atoms with Crippen LogP contribution in [0.15, 0.2) is 0 Å². The fourth-order valence-corrected chi connectivity index (χ4v) is 1.70. The molecule has 0 spiro atoms. The van der Waals surface area contributed by atoms with Gasteiger partial charge in [-0.15, -0.1) is 0 Å². The Hall–Kier alpha value is -1.46. The maximum atomic E-state index is 11.4. The lowest BCUT2D eigenvalue weighted by molar-refractivity contribution is 0.105. The van der Waals surface area contributed by atoms with Crippen molar-refractivity contribution in [3.8, 4) is 0 Å². The number of unbranched alkanes of at least 4 members (excludes halogenated alkanes) is 2. The molecule has 0 aliphatic carbocycles. The zero-order chi connectivity index (χ0) is 12.7. The first kappa shape index (κ1) is 13.6. The van der Waals surface area contributed by atoms with Gasteiger partial charge in [0.05, 0.1) is 12.6 Å². The van der Waals surface area contributed by atoms with Crippen LogP contribution in [0.4, 0.5) is 9.59 Å². The second-order valence-electron chi connectivity index (χ2n) is 3.93. The number of rotatable bonds is 6. The molecular weight excluding hydrogens is 224 g/mol. The van der Waals surface area contributed by atoms with E-state index in [1.807, 2.05) is 0 Å². The average Bonchev–Trinajstić information content (AvgIpc) is 2.62. The van der Waals surface area contributed by atoms with Crippen LogP contribution in [0.25, 0.3) is 0 Å². The van der Waals surface area contributed by atoms with Gasteiger partial charge >= 0.3 is 12.2 Å². The highest BCUT2D eigenvalue weighted by molar-refractivity contribution is 5.75. The van der Waals surface area contributed by atoms with Crippen molar-refractivity contribution in [1.29, 1.82) is 0 Å². The van der Waals surface area contributed by atoms with Gasteiger partial charge in [0.15, 0.2) is 0 Å². The summed E-state index contributed by atoms with van der Waals surface area (Å²) >= 11 is 0. The highest BCUT2D eigenvalue weighted by atomic mass is 16.6. The molecule has 0 aromatic heterocycles. The topological polar surface area (TPSA) is 67.9 Å². The Labute approximate surface area is 101 Å². The molecule has 6 heteroatoms. The van der Waals surface area contributed by atoms with Crippen LogP contribution in [0, 0.1) is 0 Å². The van der Waals surface area contributed by atoms with Gasteiger partial charge in [-0.3, -0.25) is 0 Å². The number of hydrogen-bond acceptors (Lipinski definition) is 4. The Kier molecular flexibility index (Phi) is 5.59. The van der Waals surface area contributed by atoms with Crippen LogP contribution < -0.4 is 5.43 Å². The van der Waals surface area contributed by atoms with Crippen LogP contribution in [0.2, 0.25) is 0 Å². The molecule has 17 heavy (non-hydrogen) atoms. The van der Waals surface area contributed by atoms with Gasteiger partial charge in [0.25, 0.3) is 0 Å². The van der Waals surface area contributed by atoms with Crippen LogP contribution in [-0.2, 0) is 9.47 Å². The first-order chi connectivity index (χ1) is 8.19. The smallest absolute Gasteiger partial charge is 0.429 e. The van der Waals surface area contributed by atoms with Crippen molar-refractivity contribution in [2.45, 2.75) is 45.6 Å². The Balaban J connectivity index is 2.41. The summed E-state index contributed by atoms with van der Waals surface area (Å²) in [5.41, 5.74) is 2.40. The van der Waals surface area contributed by atoms with Gasteiger partial charge in [0.1, 0.15) is 6.61 Å². The fourth-order valence-electron chi connectivity index (χ4n) is 1.70. The molecule has 0 bridgehead atoms. The Bertz CT molecular complexity index is 270.